The fourth-order valence-electron chi connectivity index (χ4n) is 3.80. The van der Waals surface area contributed by atoms with Gasteiger partial charge >= 0.3 is 6.18 Å². The molecule has 2 aliphatic heterocycles. The third-order valence-electron chi connectivity index (χ3n) is 4.62. The minimum atomic E-state index is -4.41. The Labute approximate surface area is 132 Å². The third kappa shape index (κ3) is 3.60. The van der Waals surface area contributed by atoms with Gasteiger partial charge in [-0.15, -0.1) is 0 Å². The van der Waals surface area contributed by atoms with Crippen molar-refractivity contribution < 1.29 is 26.1 Å². The normalized spacial score (nSPS) is 28.2. The zero-order valence-electron chi connectivity index (χ0n) is 12.2. The smallest absolute Gasteiger partial charge is 0.351 e. The first-order valence-electron chi connectivity index (χ1n) is 7.40. The number of hydrogen-bond acceptors (Lipinski definition) is 4. The van der Waals surface area contributed by atoms with E-state index in [1.807, 2.05) is 4.90 Å². The van der Waals surface area contributed by atoms with Gasteiger partial charge in [0.1, 0.15) is 5.82 Å². The molecule has 9 heteroatoms. The van der Waals surface area contributed by atoms with Crippen molar-refractivity contribution in [1.82, 2.24) is 4.98 Å². The molecular formula is C14H17F3N2O3S. The highest BCUT2D eigenvalue weighted by Gasteiger charge is 2.42. The average Bonchev–Trinajstić information content (AvgIpc) is 2.68. The second kappa shape index (κ2) is 5.62. The standard InChI is InChI=1S/C14H17F3N2O3S/c15-14(16,17)10-1-4-13(18-7-10)19-11-2-3-12(19)6-9(5-11)8-23(20,21)22/h1,4,7,9,11-12H,2-3,5-6,8H2,(H,20,21,22). The third-order valence-corrected chi connectivity index (χ3v) is 5.51. The van der Waals surface area contributed by atoms with Crippen molar-refractivity contribution in [3.63, 3.8) is 0 Å². The molecule has 2 unspecified atom stereocenters. The minimum absolute atomic E-state index is 0.0599. The molecule has 5 nitrogen and oxygen atoms in total. The van der Waals surface area contributed by atoms with Crippen LogP contribution in [0.2, 0.25) is 0 Å². The SMILES string of the molecule is O=S(=O)(O)CC1CC2CCC(C1)N2c1ccc(C(F)(F)F)cn1. The van der Waals surface area contributed by atoms with Gasteiger partial charge < -0.3 is 4.90 Å². The Kier molecular flexibility index (Phi) is 4.04. The molecule has 0 amide bonds. The second-order valence-corrected chi connectivity index (χ2v) is 7.78. The molecule has 0 saturated carbocycles. The van der Waals surface area contributed by atoms with E-state index in [1.165, 1.54) is 6.07 Å². The highest BCUT2D eigenvalue weighted by Crippen LogP contribution is 2.41. The average molecular weight is 350 g/mol. The lowest BCUT2D eigenvalue weighted by atomic mass is 9.92. The van der Waals surface area contributed by atoms with Crippen LogP contribution in [0, 0.1) is 5.92 Å². The van der Waals surface area contributed by atoms with E-state index >= 15 is 0 Å². The number of aromatic nitrogens is 1. The van der Waals surface area contributed by atoms with E-state index in [0.717, 1.165) is 25.1 Å². The number of fused-ring (bicyclic) bond motifs is 2. The molecule has 1 N–H and O–H groups in total. The molecule has 128 valence electrons. The summed E-state index contributed by atoms with van der Waals surface area (Å²) >= 11 is 0. The fraction of sp³-hybridized carbons (Fsp3) is 0.643. The zero-order chi connectivity index (χ0) is 16.8. The quantitative estimate of drug-likeness (QED) is 0.849. The van der Waals surface area contributed by atoms with Crippen LogP contribution in [0.4, 0.5) is 19.0 Å². The van der Waals surface area contributed by atoms with E-state index < -0.39 is 21.9 Å². The van der Waals surface area contributed by atoms with Crippen molar-refractivity contribution >= 4 is 15.9 Å². The lowest BCUT2D eigenvalue weighted by molar-refractivity contribution is -0.137. The Balaban J connectivity index is 1.76. The van der Waals surface area contributed by atoms with E-state index in [1.54, 1.807) is 0 Å². The van der Waals surface area contributed by atoms with Gasteiger partial charge in [-0.25, -0.2) is 4.98 Å². The lowest BCUT2D eigenvalue weighted by Gasteiger charge is -2.39. The highest BCUT2D eigenvalue weighted by molar-refractivity contribution is 7.85. The molecule has 0 radical (unpaired) electrons. The van der Waals surface area contributed by atoms with Gasteiger partial charge in [0.05, 0.1) is 11.3 Å². The van der Waals surface area contributed by atoms with Crippen LogP contribution < -0.4 is 4.90 Å². The molecule has 0 spiro atoms. The van der Waals surface area contributed by atoms with E-state index in [0.29, 0.717) is 18.7 Å². The van der Waals surface area contributed by atoms with Crippen molar-refractivity contribution in [3.8, 4) is 0 Å². The fourth-order valence-corrected chi connectivity index (χ4v) is 4.67. The maximum Gasteiger partial charge on any atom is 0.417 e. The summed E-state index contributed by atoms with van der Waals surface area (Å²) in [7, 11) is -4.01. The first kappa shape index (κ1) is 16.5. The zero-order valence-corrected chi connectivity index (χ0v) is 13.0. The molecule has 0 aromatic carbocycles. The summed E-state index contributed by atoms with van der Waals surface area (Å²) in [6.07, 6.45) is -0.672. The molecule has 3 rings (SSSR count). The van der Waals surface area contributed by atoms with Gasteiger partial charge in [-0.3, -0.25) is 4.55 Å². The molecule has 2 fully saturated rings. The first-order chi connectivity index (χ1) is 10.6. The van der Waals surface area contributed by atoms with Gasteiger partial charge in [0.25, 0.3) is 10.1 Å². The molecule has 2 bridgehead atoms. The van der Waals surface area contributed by atoms with Crippen LogP contribution in [0.3, 0.4) is 0 Å². The van der Waals surface area contributed by atoms with E-state index in [2.05, 4.69) is 4.98 Å². The Morgan fingerprint density at radius 3 is 2.26 bits per heavy atom. The van der Waals surface area contributed by atoms with Crippen LogP contribution in [-0.2, 0) is 16.3 Å². The molecule has 23 heavy (non-hydrogen) atoms. The van der Waals surface area contributed by atoms with Gasteiger partial charge in [0, 0.05) is 18.3 Å². The number of rotatable bonds is 3. The minimum Gasteiger partial charge on any atom is -0.351 e. The number of alkyl halides is 3. The molecule has 0 aliphatic carbocycles. The Bertz CT molecular complexity index is 662. The summed E-state index contributed by atoms with van der Waals surface area (Å²) in [4.78, 5) is 5.95. The molecule has 2 aliphatic rings. The summed E-state index contributed by atoms with van der Waals surface area (Å²) in [5.74, 6) is 0.123. The summed E-state index contributed by atoms with van der Waals surface area (Å²) in [6, 6.07) is 2.51. The van der Waals surface area contributed by atoms with E-state index in [-0.39, 0.29) is 23.8 Å². The molecular weight excluding hydrogens is 333 g/mol. The number of halogens is 3. The maximum absolute atomic E-state index is 12.6. The number of pyridine rings is 1. The summed E-state index contributed by atoms with van der Waals surface area (Å²) in [5.41, 5.74) is -0.783. The number of hydrogen-bond donors (Lipinski definition) is 1. The van der Waals surface area contributed by atoms with Crippen LogP contribution in [-0.4, -0.2) is 35.8 Å². The monoisotopic (exact) mass is 350 g/mol. The van der Waals surface area contributed by atoms with Crippen LogP contribution >= 0.6 is 0 Å². The Morgan fingerprint density at radius 2 is 1.83 bits per heavy atom. The molecule has 2 atom stereocenters. The van der Waals surface area contributed by atoms with Gasteiger partial charge in [-0.1, -0.05) is 0 Å². The second-order valence-electron chi connectivity index (χ2n) is 6.28. The summed E-state index contributed by atoms with van der Waals surface area (Å²) in [6.45, 7) is 0. The van der Waals surface area contributed by atoms with E-state index in [4.69, 9.17) is 4.55 Å². The van der Waals surface area contributed by atoms with Gasteiger partial charge in [-0.05, 0) is 43.7 Å². The van der Waals surface area contributed by atoms with Crippen molar-refractivity contribution in [1.29, 1.82) is 0 Å². The largest absolute Gasteiger partial charge is 0.417 e. The molecule has 1 aromatic rings. The molecule has 2 saturated heterocycles. The molecule has 3 heterocycles. The van der Waals surface area contributed by atoms with Crippen LogP contribution in [0.15, 0.2) is 18.3 Å². The van der Waals surface area contributed by atoms with E-state index in [9.17, 15) is 21.6 Å². The lowest BCUT2D eigenvalue weighted by Crippen LogP contribution is -2.44. The highest BCUT2D eigenvalue weighted by atomic mass is 32.2. The topological polar surface area (TPSA) is 70.5 Å². The number of nitrogens with zero attached hydrogens (tertiary/aromatic N) is 2. The number of anilines is 1. The van der Waals surface area contributed by atoms with Gasteiger partial charge in [-0.2, -0.15) is 21.6 Å². The van der Waals surface area contributed by atoms with Crippen LogP contribution in [0.25, 0.3) is 0 Å². The molecule has 1 aromatic heterocycles. The van der Waals surface area contributed by atoms with Crippen molar-refractivity contribution in [2.45, 2.75) is 43.9 Å². The Morgan fingerprint density at radius 1 is 1.22 bits per heavy atom. The predicted molar refractivity (Wildman–Crippen MR) is 77.7 cm³/mol. The summed E-state index contributed by atoms with van der Waals surface area (Å²) in [5, 5.41) is 0. The maximum atomic E-state index is 12.6. The van der Waals surface area contributed by atoms with Crippen LogP contribution in [0.5, 0.6) is 0 Å². The predicted octanol–water partition coefficient (Wildman–Crippen LogP) is 2.74. The van der Waals surface area contributed by atoms with Crippen LogP contribution in [0.1, 0.15) is 31.2 Å². The first-order valence-corrected chi connectivity index (χ1v) is 9.01. The number of piperidine rings is 1. The Hall–Kier alpha value is -1.35. The van der Waals surface area contributed by atoms with Crippen molar-refractivity contribution in [2.75, 3.05) is 10.7 Å². The van der Waals surface area contributed by atoms with Crippen molar-refractivity contribution in [3.05, 3.63) is 23.9 Å². The van der Waals surface area contributed by atoms with Crippen molar-refractivity contribution in [2.24, 2.45) is 5.92 Å². The van der Waals surface area contributed by atoms with Gasteiger partial charge in [0.15, 0.2) is 0 Å². The van der Waals surface area contributed by atoms with Gasteiger partial charge in [0.2, 0.25) is 0 Å². The summed E-state index contributed by atoms with van der Waals surface area (Å²) < 4.78 is 68.9.